The van der Waals surface area contributed by atoms with E-state index in [2.05, 4.69) is 20.5 Å². The molecule has 2 heterocycles. The molecule has 0 saturated heterocycles. The number of anilines is 1. The van der Waals surface area contributed by atoms with Gasteiger partial charge in [-0.1, -0.05) is 0 Å². The van der Waals surface area contributed by atoms with E-state index in [0.717, 1.165) is 0 Å². The number of aromatic nitrogens is 1. The summed E-state index contributed by atoms with van der Waals surface area (Å²) in [5, 5.41) is 5.77. The Morgan fingerprint density at radius 1 is 1.64 bits per heavy atom. The van der Waals surface area contributed by atoms with Crippen LogP contribution in [0, 0.1) is 4.91 Å². The summed E-state index contributed by atoms with van der Waals surface area (Å²) in [5.41, 5.74) is 1.54. The number of hydrogen-bond acceptors (Lipinski definition) is 5. The lowest BCUT2D eigenvalue weighted by Crippen LogP contribution is -2.22. The maximum Gasteiger partial charge on any atom is 0.219 e. The maximum atomic E-state index is 10.6. The third-order valence-corrected chi connectivity index (χ3v) is 2.02. The van der Waals surface area contributed by atoms with Crippen LogP contribution in [0.1, 0.15) is 23.0 Å². The zero-order chi connectivity index (χ0) is 10.1. The van der Waals surface area contributed by atoms with Gasteiger partial charge in [0.1, 0.15) is 11.9 Å². The van der Waals surface area contributed by atoms with Gasteiger partial charge in [-0.3, -0.25) is 4.79 Å². The zero-order valence-electron chi connectivity index (χ0n) is 7.44. The van der Waals surface area contributed by atoms with E-state index >= 15 is 0 Å². The Hall–Kier alpha value is -1.98. The average Bonchev–Trinajstić information content (AvgIpc) is 2.59. The summed E-state index contributed by atoms with van der Waals surface area (Å²) in [4.78, 5) is 27.8. The number of nitrogens with one attached hydrogen (secondary N) is 2. The Kier molecular flexibility index (Phi) is 1.88. The molecule has 0 bridgehead atoms. The van der Waals surface area contributed by atoms with Crippen LogP contribution < -0.4 is 5.32 Å². The Morgan fingerprint density at radius 3 is 3.07 bits per heavy atom. The first-order chi connectivity index (χ1) is 6.76. The van der Waals surface area contributed by atoms with Crippen molar-refractivity contribution in [2.45, 2.75) is 13.1 Å². The first-order valence-corrected chi connectivity index (χ1v) is 4.11. The second kappa shape index (κ2) is 3.06. The molecular weight excluding hydrogens is 184 g/mol. The molecule has 1 atom stereocenters. The molecule has 0 saturated carbocycles. The highest BCUT2D eigenvalue weighted by Crippen LogP contribution is 2.25. The topological polar surface area (TPSA) is 86.7 Å². The molecular formula is C8H8N4O2. The molecule has 2 N–H and O–H groups in total. The van der Waals surface area contributed by atoms with Gasteiger partial charge in [-0.2, -0.15) is 0 Å². The molecule has 14 heavy (non-hydrogen) atoms. The van der Waals surface area contributed by atoms with Gasteiger partial charge in [-0.25, -0.2) is 4.99 Å². The Balaban J connectivity index is 2.57. The van der Waals surface area contributed by atoms with E-state index in [0.29, 0.717) is 23.2 Å². The van der Waals surface area contributed by atoms with Crippen LogP contribution in [-0.4, -0.2) is 23.3 Å². The molecule has 1 aliphatic rings. The molecule has 0 amide bonds. The minimum Gasteiger partial charge on any atom is -0.362 e. The summed E-state index contributed by atoms with van der Waals surface area (Å²) < 4.78 is 0. The fourth-order valence-electron chi connectivity index (χ4n) is 1.42. The Bertz CT molecular complexity index is 421. The van der Waals surface area contributed by atoms with Crippen molar-refractivity contribution in [1.29, 1.82) is 0 Å². The molecule has 1 unspecified atom stereocenters. The predicted octanol–water partition coefficient (Wildman–Crippen LogP) is 1.11. The highest BCUT2D eigenvalue weighted by Gasteiger charge is 2.22. The second-order valence-electron chi connectivity index (χ2n) is 2.98. The SMILES string of the molecule is CC1N=C(N=O)c2[nH]cc(C=O)c2N1. The summed E-state index contributed by atoms with van der Waals surface area (Å²) in [6.45, 7) is 1.77. The standard InChI is InChI=1S/C8H8N4O2/c1-4-10-6-5(3-13)2-9-7(6)8(11-4)12-14/h2-4,9-10H,1H3. The summed E-state index contributed by atoms with van der Waals surface area (Å²) in [7, 11) is 0. The van der Waals surface area contributed by atoms with Crippen LogP contribution in [0.4, 0.5) is 5.69 Å². The van der Waals surface area contributed by atoms with Crippen molar-refractivity contribution in [3.63, 3.8) is 0 Å². The van der Waals surface area contributed by atoms with Crippen LogP contribution in [0.5, 0.6) is 0 Å². The van der Waals surface area contributed by atoms with Gasteiger partial charge < -0.3 is 10.3 Å². The number of aldehydes is 1. The lowest BCUT2D eigenvalue weighted by molar-refractivity contribution is 0.112. The van der Waals surface area contributed by atoms with Crippen LogP contribution >= 0.6 is 0 Å². The van der Waals surface area contributed by atoms with Gasteiger partial charge in [0, 0.05) is 6.20 Å². The van der Waals surface area contributed by atoms with E-state index in [4.69, 9.17) is 0 Å². The van der Waals surface area contributed by atoms with Crippen LogP contribution in [0.15, 0.2) is 16.4 Å². The molecule has 0 aromatic carbocycles. The minimum absolute atomic E-state index is 0.0966. The summed E-state index contributed by atoms with van der Waals surface area (Å²) in [5.74, 6) is 0.0966. The summed E-state index contributed by atoms with van der Waals surface area (Å²) in [6, 6.07) is 0. The quantitative estimate of drug-likeness (QED) is 0.516. The number of hydrogen-bond donors (Lipinski definition) is 2. The van der Waals surface area contributed by atoms with Crippen LogP contribution in [0.3, 0.4) is 0 Å². The first-order valence-electron chi connectivity index (χ1n) is 4.11. The maximum absolute atomic E-state index is 10.6. The number of H-pyrrole nitrogens is 1. The van der Waals surface area contributed by atoms with Gasteiger partial charge >= 0.3 is 0 Å². The third-order valence-electron chi connectivity index (χ3n) is 2.02. The van der Waals surface area contributed by atoms with Gasteiger partial charge in [-0.05, 0) is 12.1 Å². The number of nitrogens with zero attached hydrogens (tertiary/aromatic N) is 2. The second-order valence-corrected chi connectivity index (χ2v) is 2.98. The van der Waals surface area contributed by atoms with Crippen molar-refractivity contribution in [2.75, 3.05) is 5.32 Å². The van der Waals surface area contributed by atoms with Crippen molar-refractivity contribution in [3.8, 4) is 0 Å². The average molecular weight is 192 g/mol. The monoisotopic (exact) mass is 192 g/mol. The molecule has 6 nitrogen and oxygen atoms in total. The normalized spacial score (nSPS) is 19.2. The minimum atomic E-state index is -0.246. The zero-order valence-corrected chi connectivity index (χ0v) is 7.44. The van der Waals surface area contributed by atoms with Gasteiger partial charge in [0.05, 0.1) is 11.3 Å². The van der Waals surface area contributed by atoms with Crippen molar-refractivity contribution in [2.24, 2.45) is 10.2 Å². The fraction of sp³-hybridized carbons (Fsp3) is 0.250. The highest BCUT2D eigenvalue weighted by atomic mass is 16.3. The predicted molar refractivity (Wildman–Crippen MR) is 51.6 cm³/mol. The third kappa shape index (κ3) is 1.12. The molecule has 0 fully saturated rings. The number of rotatable bonds is 1. The molecule has 72 valence electrons. The van der Waals surface area contributed by atoms with Gasteiger partial charge in [-0.15, -0.1) is 4.91 Å². The molecule has 0 spiro atoms. The molecule has 1 aliphatic heterocycles. The summed E-state index contributed by atoms with van der Waals surface area (Å²) in [6.07, 6.45) is 1.98. The summed E-state index contributed by atoms with van der Waals surface area (Å²) >= 11 is 0. The molecule has 1 aromatic rings. The number of carbonyl (C=O) groups excluding carboxylic acids is 1. The van der Waals surface area contributed by atoms with Crippen molar-refractivity contribution < 1.29 is 4.79 Å². The molecule has 1 aromatic heterocycles. The smallest absolute Gasteiger partial charge is 0.219 e. The number of aromatic amines is 1. The van der Waals surface area contributed by atoms with E-state index < -0.39 is 0 Å². The van der Waals surface area contributed by atoms with E-state index in [1.54, 1.807) is 6.92 Å². The van der Waals surface area contributed by atoms with Crippen molar-refractivity contribution in [3.05, 3.63) is 22.4 Å². The highest BCUT2D eigenvalue weighted by molar-refractivity contribution is 6.07. The van der Waals surface area contributed by atoms with E-state index in [9.17, 15) is 9.70 Å². The van der Waals surface area contributed by atoms with E-state index in [1.165, 1.54) is 6.20 Å². The first kappa shape index (κ1) is 8.61. The van der Waals surface area contributed by atoms with Gasteiger partial charge in [0.2, 0.25) is 5.84 Å². The van der Waals surface area contributed by atoms with Crippen molar-refractivity contribution >= 4 is 17.8 Å². The molecule has 0 aliphatic carbocycles. The Morgan fingerprint density at radius 2 is 2.43 bits per heavy atom. The number of carbonyl (C=O) groups is 1. The van der Waals surface area contributed by atoms with Gasteiger partial charge in [0.15, 0.2) is 6.29 Å². The van der Waals surface area contributed by atoms with Crippen LogP contribution in [0.25, 0.3) is 0 Å². The van der Waals surface area contributed by atoms with Crippen LogP contribution in [-0.2, 0) is 0 Å². The fourth-order valence-corrected chi connectivity index (χ4v) is 1.42. The number of amidine groups is 1. The number of aliphatic imine (C=N–C) groups is 1. The Labute approximate surface area is 79.4 Å². The lowest BCUT2D eigenvalue weighted by atomic mass is 10.2. The largest absolute Gasteiger partial charge is 0.362 e. The lowest BCUT2D eigenvalue weighted by Gasteiger charge is -2.17. The van der Waals surface area contributed by atoms with Crippen LogP contribution in [0.2, 0.25) is 0 Å². The molecule has 6 heteroatoms. The van der Waals surface area contributed by atoms with Crippen molar-refractivity contribution in [1.82, 2.24) is 4.98 Å². The van der Waals surface area contributed by atoms with E-state index in [-0.39, 0.29) is 12.0 Å². The number of fused-ring (bicyclic) bond motifs is 1. The number of nitroso groups, excluding NO2 is 1. The molecule has 2 rings (SSSR count). The van der Waals surface area contributed by atoms with E-state index in [1.807, 2.05) is 0 Å². The molecule has 0 radical (unpaired) electrons. The van der Waals surface area contributed by atoms with Gasteiger partial charge in [0.25, 0.3) is 0 Å².